The van der Waals surface area contributed by atoms with E-state index in [-0.39, 0.29) is 0 Å². The lowest BCUT2D eigenvalue weighted by molar-refractivity contribution is 0.332. The van der Waals surface area contributed by atoms with Gasteiger partial charge in [-0.05, 0) is 36.4 Å². The largest absolute Gasteiger partial charge is 0.492 e. The lowest BCUT2D eigenvalue weighted by atomic mass is 10.3. The lowest BCUT2D eigenvalue weighted by Crippen LogP contribution is -2.12. The second-order valence-corrected chi connectivity index (χ2v) is 4.45. The maximum Gasteiger partial charge on any atom is 0.201 e. The van der Waals surface area contributed by atoms with Gasteiger partial charge in [-0.2, -0.15) is 0 Å². The summed E-state index contributed by atoms with van der Waals surface area (Å²) in [6, 6.07) is 15.3. The predicted molar refractivity (Wildman–Crippen MR) is 80.9 cm³/mol. The van der Waals surface area contributed by atoms with Gasteiger partial charge in [-0.1, -0.05) is 12.1 Å². The number of H-pyrrole nitrogens is 1. The molecule has 4 N–H and O–H groups in total. The topological polar surface area (TPSA) is 76.0 Å². The lowest BCUT2D eigenvalue weighted by Gasteiger charge is -2.06. The summed E-state index contributed by atoms with van der Waals surface area (Å²) in [5.74, 6) is 1.57. The van der Waals surface area contributed by atoms with Gasteiger partial charge < -0.3 is 20.8 Å². The van der Waals surface area contributed by atoms with Crippen molar-refractivity contribution in [3.8, 4) is 5.75 Å². The number of fused-ring (bicyclic) bond motifs is 1. The molecule has 0 aliphatic carbocycles. The Morgan fingerprint density at radius 1 is 1.10 bits per heavy atom. The highest BCUT2D eigenvalue weighted by Gasteiger charge is 2.00. The third-order valence-corrected chi connectivity index (χ3v) is 2.93. The molecule has 0 spiro atoms. The van der Waals surface area contributed by atoms with Gasteiger partial charge in [0.05, 0.1) is 17.6 Å². The fourth-order valence-electron chi connectivity index (χ4n) is 1.94. The van der Waals surface area contributed by atoms with Crippen LogP contribution in [-0.4, -0.2) is 23.1 Å². The van der Waals surface area contributed by atoms with Crippen molar-refractivity contribution in [2.45, 2.75) is 0 Å². The zero-order valence-electron chi connectivity index (χ0n) is 11.0. The smallest absolute Gasteiger partial charge is 0.201 e. The van der Waals surface area contributed by atoms with E-state index in [0.29, 0.717) is 13.2 Å². The fraction of sp³-hybridized carbons (Fsp3) is 0.133. The molecule has 1 aromatic heterocycles. The van der Waals surface area contributed by atoms with Gasteiger partial charge in [0.2, 0.25) is 5.95 Å². The van der Waals surface area contributed by atoms with E-state index in [1.807, 2.05) is 48.5 Å². The zero-order chi connectivity index (χ0) is 13.8. The second-order valence-electron chi connectivity index (χ2n) is 4.45. The van der Waals surface area contributed by atoms with Gasteiger partial charge in [-0.3, -0.25) is 0 Å². The number of aromatic nitrogens is 2. The normalized spacial score (nSPS) is 10.6. The van der Waals surface area contributed by atoms with Crippen LogP contribution in [0.1, 0.15) is 0 Å². The molecule has 0 unspecified atom stereocenters. The predicted octanol–water partition coefficient (Wildman–Crippen LogP) is 2.64. The number of anilines is 2. The van der Waals surface area contributed by atoms with E-state index in [4.69, 9.17) is 10.5 Å². The van der Waals surface area contributed by atoms with E-state index in [2.05, 4.69) is 15.3 Å². The molecule has 5 heteroatoms. The van der Waals surface area contributed by atoms with Crippen LogP contribution in [0.25, 0.3) is 11.0 Å². The van der Waals surface area contributed by atoms with E-state index >= 15 is 0 Å². The number of hydrogen-bond acceptors (Lipinski definition) is 4. The standard InChI is InChI=1S/C15H16N4O/c16-11-5-7-12(8-6-11)20-10-9-17-15-18-13-3-1-2-4-14(13)19-15/h1-8H,9-10,16H2,(H2,17,18,19). The number of imidazole rings is 1. The van der Waals surface area contributed by atoms with Gasteiger partial charge in [0.1, 0.15) is 12.4 Å². The number of aromatic amines is 1. The molecule has 0 aliphatic rings. The number of rotatable bonds is 5. The molecule has 102 valence electrons. The van der Waals surface area contributed by atoms with E-state index in [1.54, 1.807) is 0 Å². The third kappa shape index (κ3) is 2.83. The first kappa shape index (κ1) is 12.3. The Bertz CT molecular complexity index is 657. The van der Waals surface area contributed by atoms with Crippen LogP contribution in [0.4, 0.5) is 11.6 Å². The number of para-hydroxylation sites is 2. The maximum absolute atomic E-state index is 5.61. The fourth-order valence-corrected chi connectivity index (χ4v) is 1.94. The summed E-state index contributed by atoms with van der Waals surface area (Å²) in [5, 5.41) is 3.20. The molecule has 0 bridgehead atoms. The summed E-state index contributed by atoms with van der Waals surface area (Å²) in [6.07, 6.45) is 0. The van der Waals surface area contributed by atoms with Crippen molar-refractivity contribution in [2.24, 2.45) is 0 Å². The van der Waals surface area contributed by atoms with Crippen molar-refractivity contribution < 1.29 is 4.74 Å². The summed E-state index contributed by atoms with van der Waals surface area (Å²) in [7, 11) is 0. The van der Waals surface area contributed by atoms with Crippen molar-refractivity contribution >= 4 is 22.7 Å². The SMILES string of the molecule is Nc1ccc(OCCNc2nc3ccccc3[nH]2)cc1. The molecular formula is C15H16N4O. The minimum Gasteiger partial charge on any atom is -0.492 e. The third-order valence-electron chi connectivity index (χ3n) is 2.93. The molecule has 0 radical (unpaired) electrons. The van der Waals surface area contributed by atoms with Crippen molar-refractivity contribution in [3.05, 3.63) is 48.5 Å². The Hall–Kier alpha value is -2.69. The van der Waals surface area contributed by atoms with E-state index in [9.17, 15) is 0 Å². The first-order valence-electron chi connectivity index (χ1n) is 6.48. The minimum absolute atomic E-state index is 0.557. The summed E-state index contributed by atoms with van der Waals surface area (Å²) in [5.41, 5.74) is 8.32. The molecule has 0 saturated heterocycles. The highest BCUT2D eigenvalue weighted by Crippen LogP contribution is 2.14. The van der Waals surface area contributed by atoms with E-state index < -0.39 is 0 Å². The number of ether oxygens (including phenoxy) is 1. The molecule has 2 aromatic carbocycles. The van der Waals surface area contributed by atoms with Crippen LogP contribution in [-0.2, 0) is 0 Å². The van der Waals surface area contributed by atoms with Crippen LogP contribution in [0.15, 0.2) is 48.5 Å². The minimum atomic E-state index is 0.557. The monoisotopic (exact) mass is 268 g/mol. The highest BCUT2D eigenvalue weighted by atomic mass is 16.5. The zero-order valence-corrected chi connectivity index (χ0v) is 11.0. The summed E-state index contributed by atoms with van der Waals surface area (Å²) in [6.45, 7) is 1.23. The molecule has 3 aromatic rings. The molecule has 20 heavy (non-hydrogen) atoms. The first-order chi connectivity index (χ1) is 9.81. The van der Waals surface area contributed by atoms with Crippen LogP contribution < -0.4 is 15.8 Å². The van der Waals surface area contributed by atoms with Gasteiger partial charge in [0.15, 0.2) is 0 Å². The molecule has 0 atom stereocenters. The van der Waals surface area contributed by atoms with E-state index in [0.717, 1.165) is 28.4 Å². The summed E-state index contributed by atoms with van der Waals surface area (Å²) >= 11 is 0. The van der Waals surface area contributed by atoms with Crippen LogP contribution in [0.5, 0.6) is 5.75 Å². The number of benzene rings is 2. The first-order valence-corrected chi connectivity index (χ1v) is 6.48. The van der Waals surface area contributed by atoms with Gasteiger partial charge in [-0.15, -0.1) is 0 Å². The number of nitrogens with two attached hydrogens (primary N) is 1. The molecule has 5 nitrogen and oxygen atoms in total. The average Bonchev–Trinajstić information content (AvgIpc) is 2.88. The van der Waals surface area contributed by atoms with E-state index in [1.165, 1.54) is 0 Å². The molecule has 0 saturated carbocycles. The number of nitrogen functional groups attached to an aromatic ring is 1. The number of nitrogens with one attached hydrogen (secondary N) is 2. The Kier molecular flexibility index (Phi) is 3.41. The van der Waals surface area contributed by atoms with Crippen molar-refractivity contribution in [2.75, 3.05) is 24.2 Å². The van der Waals surface area contributed by atoms with Crippen LogP contribution >= 0.6 is 0 Å². The van der Waals surface area contributed by atoms with Crippen molar-refractivity contribution in [3.63, 3.8) is 0 Å². The molecule has 0 fully saturated rings. The molecule has 0 amide bonds. The van der Waals surface area contributed by atoms with Crippen LogP contribution in [0.3, 0.4) is 0 Å². The van der Waals surface area contributed by atoms with Gasteiger partial charge in [-0.25, -0.2) is 4.98 Å². The summed E-state index contributed by atoms with van der Waals surface area (Å²) in [4.78, 5) is 7.64. The highest BCUT2D eigenvalue weighted by molar-refractivity contribution is 5.77. The molecule has 3 rings (SSSR count). The Balaban J connectivity index is 1.51. The van der Waals surface area contributed by atoms with Gasteiger partial charge in [0.25, 0.3) is 0 Å². The Labute approximate surface area is 116 Å². The van der Waals surface area contributed by atoms with Gasteiger partial charge >= 0.3 is 0 Å². The maximum atomic E-state index is 5.61. The second kappa shape index (κ2) is 5.52. The number of hydrogen-bond donors (Lipinski definition) is 3. The van der Waals surface area contributed by atoms with Gasteiger partial charge in [0, 0.05) is 5.69 Å². The van der Waals surface area contributed by atoms with Crippen LogP contribution in [0.2, 0.25) is 0 Å². The Morgan fingerprint density at radius 2 is 1.90 bits per heavy atom. The quantitative estimate of drug-likeness (QED) is 0.491. The number of nitrogens with zero attached hydrogens (tertiary/aromatic N) is 1. The van der Waals surface area contributed by atoms with Crippen molar-refractivity contribution in [1.29, 1.82) is 0 Å². The average molecular weight is 268 g/mol. The molecule has 0 aliphatic heterocycles. The Morgan fingerprint density at radius 3 is 2.70 bits per heavy atom. The molecular weight excluding hydrogens is 252 g/mol. The van der Waals surface area contributed by atoms with Crippen molar-refractivity contribution in [1.82, 2.24) is 9.97 Å². The van der Waals surface area contributed by atoms with Crippen LogP contribution in [0, 0.1) is 0 Å². The molecule has 1 heterocycles. The summed E-state index contributed by atoms with van der Waals surface area (Å²) < 4.78 is 5.60.